The highest BCUT2D eigenvalue weighted by atomic mass is 16.5. The van der Waals surface area contributed by atoms with Gasteiger partial charge in [-0.25, -0.2) is 9.67 Å². The van der Waals surface area contributed by atoms with Gasteiger partial charge in [-0.3, -0.25) is 0 Å². The van der Waals surface area contributed by atoms with E-state index in [1.165, 1.54) is 0 Å². The number of nitrogens with zero attached hydrogens (tertiary/aromatic N) is 3. The zero-order valence-electron chi connectivity index (χ0n) is 9.34. The van der Waals surface area contributed by atoms with Crippen LogP contribution >= 0.6 is 0 Å². The minimum atomic E-state index is 0.404. The molecule has 0 atom stereocenters. The number of hydrogen-bond donors (Lipinski definition) is 1. The number of rotatable bonds is 3. The van der Waals surface area contributed by atoms with Crippen molar-refractivity contribution in [2.75, 3.05) is 5.73 Å². The second-order valence-corrected chi connectivity index (χ2v) is 3.56. The van der Waals surface area contributed by atoms with Gasteiger partial charge >= 0.3 is 0 Å². The summed E-state index contributed by atoms with van der Waals surface area (Å²) in [5.41, 5.74) is 6.30. The normalized spacial score (nSPS) is 10.4. The Balaban J connectivity index is 2.02. The minimum Gasteiger partial charge on any atom is -0.486 e. The van der Waals surface area contributed by atoms with Crippen molar-refractivity contribution in [3.05, 3.63) is 35.9 Å². The van der Waals surface area contributed by atoms with Crippen LogP contribution in [0.4, 0.5) is 5.69 Å². The molecule has 84 valence electrons. The van der Waals surface area contributed by atoms with Crippen LogP contribution in [0.5, 0.6) is 5.75 Å². The molecule has 0 saturated carbocycles. The number of benzene rings is 1. The molecule has 5 heteroatoms. The smallest absolute Gasteiger partial charge is 0.164 e. The Hall–Kier alpha value is -2.04. The van der Waals surface area contributed by atoms with Crippen molar-refractivity contribution in [1.82, 2.24) is 14.8 Å². The van der Waals surface area contributed by atoms with Gasteiger partial charge in [0.2, 0.25) is 0 Å². The van der Waals surface area contributed by atoms with E-state index in [9.17, 15) is 0 Å². The molecule has 0 radical (unpaired) electrons. The number of anilines is 1. The summed E-state index contributed by atoms with van der Waals surface area (Å²) in [6.45, 7) is 2.26. The zero-order chi connectivity index (χ0) is 11.5. The van der Waals surface area contributed by atoms with Crippen molar-refractivity contribution in [1.29, 1.82) is 0 Å². The van der Waals surface area contributed by atoms with E-state index in [0.717, 1.165) is 23.1 Å². The average molecular weight is 218 g/mol. The molecule has 2 N–H and O–H groups in total. The fourth-order valence-electron chi connectivity index (χ4n) is 1.39. The second-order valence-electron chi connectivity index (χ2n) is 3.56. The van der Waals surface area contributed by atoms with Crippen LogP contribution in [0.15, 0.2) is 24.3 Å². The Morgan fingerprint density at radius 3 is 2.56 bits per heavy atom. The summed E-state index contributed by atoms with van der Waals surface area (Å²) in [6, 6.07) is 7.27. The maximum atomic E-state index is 5.58. The molecule has 1 aromatic heterocycles. The highest BCUT2D eigenvalue weighted by Gasteiger charge is 2.04. The largest absolute Gasteiger partial charge is 0.486 e. The molecule has 0 bridgehead atoms. The van der Waals surface area contributed by atoms with E-state index in [2.05, 4.69) is 10.1 Å². The Labute approximate surface area is 93.9 Å². The Bertz CT molecular complexity index is 475. The Kier molecular flexibility index (Phi) is 2.76. The minimum absolute atomic E-state index is 0.404. The first-order chi connectivity index (χ1) is 7.65. The number of aromatic nitrogens is 3. The molecule has 0 fully saturated rings. The number of hydrogen-bond acceptors (Lipinski definition) is 4. The van der Waals surface area contributed by atoms with Gasteiger partial charge in [-0.15, -0.1) is 0 Å². The summed E-state index contributed by atoms with van der Waals surface area (Å²) in [7, 11) is 1.85. The van der Waals surface area contributed by atoms with Crippen LogP contribution in [-0.2, 0) is 13.7 Å². The van der Waals surface area contributed by atoms with Crippen molar-refractivity contribution in [2.45, 2.75) is 13.5 Å². The first-order valence-corrected chi connectivity index (χ1v) is 5.00. The molecule has 2 aromatic rings. The van der Waals surface area contributed by atoms with Crippen LogP contribution in [0.2, 0.25) is 0 Å². The van der Waals surface area contributed by atoms with Gasteiger partial charge in [0.05, 0.1) is 0 Å². The monoisotopic (exact) mass is 218 g/mol. The topological polar surface area (TPSA) is 66.0 Å². The maximum Gasteiger partial charge on any atom is 0.164 e. The number of aryl methyl sites for hydroxylation is 2. The van der Waals surface area contributed by atoms with Crippen LogP contribution < -0.4 is 10.5 Å². The Morgan fingerprint density at radius 1 is 1.31 bits per heavy atom. The lowest BCUT2D eigenvalue weighted by Gasteiger charge is -2.05. The molecular formula is C11H14N4O. The highest BCUT2D eigenvalue weighted by Crippen LogP contribution is 2.14. The molecule has 16 heavy (non-hydrogen) atoms. The highest BCUT2D eigenvalue weighted by molar-refractivity contribution is 5.41. The van der Waals surface area contributed by atoms with Gasteiger partial charge in [0, 0.05) is 12.7 Å². The van der Waals surface area contributed by atoms with Gasteiger partial charge in [-0.2, -0.15) is 5.10 Å². The third-order valence-electron chi connectivity index (χ3n) is 2.21. The first kappa shape index (κ1) is 10.5. The van der Waals surface area contributed by atoms with Gasteiger partial charge in [-0.05, 0) is 31.2 Å². The maximum absolute atomic E-state index is 5.58. The van der Waals surface area contributed by atoms with Crippen LogP contribution in [0.3, 0.4) is 0 Å². The molecule has 5 nitrogen and oxygen atoms in total. The van der Waals surface area contributed by atoms with Crippen LogP contribution in [-0.4, -0.2) is 14.8 Å². The van der Waals surface area contributed by atoms with Crippen molar-refractivity contribution < 1.29 is 4.74 Å². The predicted molar refractivity (Wildman–Crippen MR) is 60.9 cm³/mol. The van der Waals surface area contributed by atoms with Gasteiger partial charge in [0.15, 0.2) is 5.82 Å². The molecule has 0 aliphatic rings. The van der Waals surface area contributed by atoms with E-state index in [0.29, 0.717) is 6.61 Å². The van der Waals surface area contributed by atoms with E-state index in [4.69, 9.17) is 10.5 Å². The Morgan fingerprint density at radius 2 is 2.00 bits per heavy atom. The molecule has 1 aromatic carbocycles. The van der Waals surface area contributed by atoms with Crippen LogP contribution in [0.1, 0.15) is 11.6 Å². The lowest BCUT2D eigenvalue weighted by atomic mass is 10.3. The molecule has 0 unspecified atom stereocenters. The molecule has 0 saturated heterocycles. The molecule has 0 amide bonds. The molecule has 0 spiro atoms. The van der Waals surface area contributed by atoms with E-state index in [-0.39, 0.29) is 0 Å². The average Bonchev–Trinajstić information content (AvgIpc) is 2.57. The lowest BCUT2D eigenvalue weighted by Crippen LogP contribution is -2.04. The molecule has 2 rings (SSSR count). The quantitative estimate of drug-likeness (QED) is 0.788. The van der Waals surface area contributed by atoms with Crippen molar-refractivity contribution in [2.24, 2.45) is 7.05 Å². The summed E-state index contributed by atoms with van der Waals surface area (Å²) < 4.78 is 7.28. The number of nitrogen functional groups attached to an aromatic ring is 1. The standard InChI is InChI=1S/C11H14N4O/c1-8-13-11(15(2)14-8)7-16-10-5-3-9(12)4-6-10/h3-6H,7,12H2,1-2H3. The lowest BCUT2D eigenvalue weighted by molar-refractivity contribution is 0.290. The number of ether oxygens (including phenoxy) is 1. The predicted octanol–water partition coefficient (Wildman–Crippen LogP) is 1.28. The SMILES string of the molecule is Cc1nc(COc2ccc(N)cc2)n(C)n1. The third kappa shape index (κ3) is 2.31. The molecule has 1 heterocycles. The van der Waals surface area contributed by atoms with Gasteiger partial charge < -0.3 is 10.5 Å². The molecule has 0 aliphatic carbocycles. The van der Waals surface area contributed by atoms with E-state index < -0.39 is 0 Å². The van der Waals surface area contributed by atoms with Crippen molar-refractivity contribution in [3.8, 4) is 5.75 Å². The van der Waals surface area contributed by atoms with Crippen molar-refractivity contribution >= 4 is 5.69 Å². The molecule has 0 aliphatic heterocycles. The third-order valence-corrected chi connectivity index (χ3v) is 2.21. The summed E-state index contributed by atoms with van der Waals surface area (Å²) >= 11 is 0. The summed E-state index contributed by atoms with van der Waals surface area (Å²) in [5, 5.41) is 4.14. The second kappa shape index (κ2) is 4.22. The summed E-state index contributed by atoms with van der Waals surface area (Å²) in [5.74, 6) is 2.32. The van der Waals surface area contributed by atoms with Crippen LogP contribution in [0.25, 0.3) is 0 Å². The van der Waals surface area contributed by atoms with Gasteiger partial charge in [0.1, 0.15) is 18.2 Å². The fraction of sp³-hybridized carbons (Fsp3) is 0.273. The van der Waals surface area contributed by atoms with E-state index in [1.54, 1.807) is 16.8 Å². The fourth-order valence-corrected chi connectivity index (χ4v) is 1.39. The summed E-state index contributed by atoms with van der Waals surface area (Å²) in [6.07, 6.45) is 0. The van der Waals surface area contributed by atoms with Crippen molar-refractivity contribution in [3.63, 3.8) is 0 Å². The first-order valence-electron chi connectivity index (χ1n) is 5.00. The van der Waals surface area contributed by atoms with Gasteiger partial charge in [-0.1, -0.05) is 0 Å². The van der Waals surface area contributed by atoms with Gasteiger partial charge in [0.25, 0.3) is 0 Å². The molecular weight excluding hydrogens is 204 g/mol. The van der Waals surface area contributed by atoms with Crippen LogP contribution in [0, 0.1) is 6.92 Å². The van der Waals surface area contributed by atoms with E-state index >= 15 is 0 Å². The number of nitrogens with two attached hydrogens (primary N) is 1. The zero-order valence-corrected chi connectivity index (χ0v) is 9.34. The summed E-state index contributed by atoms with van der Waals surface area (Å²) in [4.78, 5) is 4.24. The van der Waals surface area contributed by atoms with E-state index in [1.807, 2.05) is 26.1 Å².